The molecule has 0 radical (unpaired) electrons. The van der Waals surface area contributed by atoms with Crippen molar-refractivity contribution in [1.29, 1.82) is 0 Å². The Morgan fingerprint density at radius 1 is 0.971 bits per heavy atom. The molecule has 2 aliphatic rings. The van der Waals surface area contributed by atoms with Gasteiger partial charge in [-0.05, 0) is 30.3 Å². The highest BCUT2D eigenvalue weighted by Gasteiger charge is 2.43. The molecule has 8 nitrogen and oxygen atoms in total. The quantitative estimate of drug-likeness (QED) is 0.584. The molecule has 2 atom stereocenters. The summed E-state index contributed by atoms with van der Waals surface area (Å²) in [7, 11) is 0. The third kappa shape index (κ3) is 4.15. The lowest BCUT2D eigenvalue weighted by Gasteiger charge is -2.21. The van der Waals surface area contributed by atoms with Gasteiger partial charge in [0.15, 0.2) is 0 Å². The topological polar surface area (TPSA) is 91.4 Å². The Morgan fingerprint density at radius 3 is 2.32 bits per heavy atom. The molecule has 34 heavy (non-hydrogen) atoms. The highest BCUT2D eigenvalue weighted by molar-refractivity contribution is 5.97. The van der Waals surface area contributed by atoms with Crippen LogP contribution in [0.2, 0.25) is 0 Å². The zero-order valence-corrected chi connectivity index (χ0v) is 17.7. The molecule has 2 fully saturated rings. The summed E-state index contributed by atoms with van der Waals surface area (Å²) >= 11 is 0. The third-order valence-electron chi connectivity index (χ3n) is 6.33. The molecule has 1 aromatic heterocycles. The average Bonchev–Trinajstić information content (AvgIpc) is 3.51. The smallest absolute Gasteiger partial charge is 0.416 e. The Labute approximate surface area is 190 Å². The first kappa shape index (κ1) is 22.1. The minimum absolute atomic E-state index is 0.0788. The molecule has 3 aromatic rings. The fourth-order valence-electron chi connectivity index (χ4n) is 4.54. The number of amides is 2. The van der Waals surface area contributed by atoms with E-state index in [1.807, 2.05) is 0 Å². The second kappa shape index (κ2) is 8.26. The van der Waals surface area contributed by atoms with E-state index in [0.717, 1.165) is 12.1 Å². The van der Waals surface area contributed by atoms with Gasteiger partial charge < -0.3 is 14.5 Å². The number of halogens is 4. The van der Waals surface area contributed by atoms with Crippen LogP contribution in [-0.2, 0) is 17.5 Å². The summed E-state index contributed by atoms with van der Waals surface area (Å²) in [4.78, 5) is 28.6. The summed E-state index contributed by atoms with van der Waals surface area (Å²) < 4.78 is 57.1. The number of hydrogen-bond donors (Lipinski definition) is 1. The van der Waals surface area contributed by atoms with Gasteiger partial charge in [-0.15, -0.1) is 0 Å². The molecule has 2 aromatic carbocycles. The summed E-state index contributed by atoms with van der Waals surface area (Å²) in [5, 5.41) is 10.5. The largest absolute Gasteiger partial charge is 0.444 e. The van der Waals surface area contributed by atoms with Crippen LogP contribution in [0.1, 0.15) is 21.5 Å². The maximum absolute atomic E-state index is 14.0. The predicted octanol–water partition coefficient (Wildman–Crippen LogP) is 3.46. The van der Waals surface area contributed by atoms with Crippen LogP contribution < -0.4 is 0 Å². The maximum Gasteiger partial charge on any atom is 0.416 e. The number of benzene rings is 2. The first-order valence-corrected chi connectivity index (χ1v) is 10.6. The maximum atomic E-state index is 14.0. The summed E-state index contributed by atoms with van der Waals surface area (Å²) in [5.74, 6) is -1.05. The van der Waals surface area contributed by atoms with Crippen molar-refractivity contribution >= 4 is 23.0 Å². The Balaban J connectivity index is 1.15. The van der Waals surface area contributed by atoms with E-state index < -0.39 is 30.3 Å². The summed E-state index contributed by atoms with van der Waals surface area (Å²) in [6.45, 7) is 1.26. The van der Waals surface area contributed by atoms with Crippen molar-refractivity contribution in [2.24, 2.45) is 11.8 Å². The molecule has 5 rings (SSSR count). The standard InChI is InChI=1S/C22H19F4N5O3/c23-17-6-16(22(24,25)26)3-1-13(17)11-34-21(33)31-9-14-7-30(8-15(14)10-31)20(32)12-2-4-18-19(5-12)28-29-27-18/h1-6,14-15H,7-11H2,(H,27,28,29). The zero-order valence-electron chi connectivity index (χ0n) is 17.7. The monoisotopic (exact) mass is 477 g/mol. The molecule has 2 aliphatic heterocycles. The molecule has 0 spiro atoms. The Morgan fingerprint density at radius 2 is 1.65 bits per heavy atom. The van der Waals surface area contributed by atoms with E-state index in [2.05, 4.69) is 15.4 Å². The first-order chi connectivity index (χ1) is 16.2. The van der Waals surface area contributed by atoms with E-state index in [9.17, 15) is 27.2 Å². The van der Waals surface area contributed by atoms with E-state index >= 15 is 0 Å². The fraction of sp³-hybridized carbons (Fsp3) is 0.364. The van der Waals surface area contributed by atoms with Crippen LogP contribution in [0, 0.1) is 17.7 Å². The highest BCUT2D eigenvalue weighted by Crippen LogP contribution is 2.33. The number of carbonyl (C=O) groups excluding carboxylic acids is 2. The first-order valence-electron chi connectivity index (χ1n) is 10.6. The van der Waals surface area contributed by atoms with Crippen LogP contribution in [0.4, 0.5) is 22.4 Å². The number of H-pyrrole nitrogens is 1. The van der Waals surface area contributed by atoms with Crippen molar-refractivity contribution < 1.29 is 31.9 Å². The van der Waals surface area contributed by atoms with Crippen LogP contribution in [0.3, 0.4) is 0 Å². The molecule has 12 heteroatoms. The van der Waals surface area contributed by atoms with Crippen molar-refractivity contribution in [2.45, 2.75) is 12.8 Å². The van der Waals surface area contributed by atoms with Gasteiger partial charge in [-0.3, -0.25) is 4.79 Å². The van der Waals surface area contributed by atoms with E-state index in [1.165, 1.54) is 4.90 Å². The van der Waals surface area contributed by atoms with Gasteiger partial charge in [-0.25, -0.2) is 9.18 Å². The molecular formula is C22H19F4N5O3. The third-order valence-corrected chi connectivity index (χ3v) is 6.33. The van der Waals surface area contributed by atoms with Crippen molar-refractivity contribution in [1.82, 2.24) is 25.2 Å². The molecule has 2 amide bonds. The molecule has 178 valence electrons. The molecule has 0 saturated carbocycles. The summed E-state index contributed by atoms with van der Waals surface area (Å²) in [5.41, 5.74) is 0.536. The Bertz CT molecular complexity index is 1250. The number of alkyl halides is 3. The second-order valence-electron chi connectivity index (χ2n) is 8.52. The number of nitrogens with zero attached hydrogens (tertiary/aromatic N) is 4. The predicted molar refractivity (Wildman–Crippen MR) is 110 cm³/mol. The number of aromatic nitrogens is 3. The molecular weight excluding hydrogens is 458 g/mol. The molecule has 2 unspecified atom stereocenters. The number of nitrogens with one attached hydrogen (secondary N) is 1. The second-order valence-corrected chi connectivity index (χ2v) is 8.52. The van der Waals surface area contributed by atoms with E-state index in [0.29, 0.717) is 48.8 Å². The molecule has 1 N–H and O–H groups in total. The number of fused-ring (bicyclic) bond motifs is 2. The van der Waals surface area contributed by atoms with Gasteiger partial charge >= 0.3 is 12.3 Å². The summed E-state index contributed by atoms with van der Waals surface area (Å²) in [6, 6.07) is 7.20. The average molecular weight is 477 g/mol. The van der Waals surface area contributed by atoms with Gasteiger partial charge in [-0.2, -0.15) is 28.6 Å². The van der Waals surface area contributed by atoms with Crippen LogP contribution in [-0.4, -0.2) is 63.4 Å². The number of ether oxygens (including phenoxy) is 1. The van der Waals surface area contributed by atoms with Gasteiger partial charge in [0.05, 0.1) is 5.56 Å². The van der Waals surface area contributed by atoms with Crippen LogP contribution >= 0.6 is 0 Å². The zero-order chi connectivity index (χ0) is 24.0. The molecule has 0 aliphatic carbocycles. The van der Waals surface area contributed by atoms with Crippen molar-refractivity contribution in [3.05, 3.63) is 58.9 Å². The van der Waals surface area contributed by atoms with E-state index in [4.69, 9.17) is 4.74 Å². The van der Waals surface area contributed by atoms with Gasteiger partial charge in [0.25, 0.3) is 5.91 Å². The molecule has 0 bridgehead atoms. The fourth-order valence-corrected chi connectivity index (χ4v) is 4.54. The van der Waals surface area contributed by atoms with Crippen molar-refractivity contribution in [3.8, 4) is 0 Å². The Kier molecular flexibility index (Phi) is 5.37. The van der Waals surface area contributed by atoms with E-state index in [-0.39, 0.29) is 23.3 Å². The lowest BCUT2D eigenvalue weighted by Crippen LogP contribution is -2.35. The minimum atomic E-state index is -4.65. The van der Waals surface area contributed by atoms with Crippen molar-refractivity contribution in [2.75, 3.05) is 26.2 Å². The molecule has 3 heterocycles. The minimum Gasteiger partial charge on any atom is -0.444 e. The number of carbonyl (C=O) groups is 2. The van der Waals surface area contributed by atoms with Gasteiger partial charge in [0.2, 0.25) is 0 Å². The van der Waals surface area contributed by atoms with Crippen molar-refractivity contribution in [3.63, 3.8) is 0 Å². The van der Waals surface area contributed by atoms with Gasteiger partial charge in [0.1, 0.15) is 23.5 Å². The lowest BCUT2D eigenvalue weighted by molar-refractivity contribution is -0.137. The van der Waals surface area contributed by atoms with Crippen LogP contribution in [0.15, 0.2) is 36.4 Å². The highest BCUT2D eigenvalue weighted by atomic mass is 19.4. The van der Waals surface area contributed by atoms with Crippen LogP contribution in [0.5, 0.6) is 0 Å². The SMILES string of the molecule is O=C(OCc1ccc(C(F)(F)F)cc1F)N1CC2CN(C(=O)c3ccc4n[nH]nc4c3)CC2C1. The van der Waals surface area contributed by atoms with Crippen LogP contribution in [0.25, 0.3) is 11.0 Å². The number of likely N-dealkylation sites (tertiary alicyclic amines) is 2. The van der Waals surface area contributed by atoms with Gasteiger partial charge in [-0.1, -0.05) is 6.07 Å². The number of hydrogen-bond acceptors (Lipinski definition) is 5. The number of rotatable bonds is 3. The molecule has 2 saturated heterocycles. The lowest BCUT2D eigenvalue weighted by atomic mass is 10.0. The normalized spacial score (nSPS) is 20.1. The Hall–Kier alpha value is -3.70. The summed E-state index contributed by atoms with van der Waals surface area (Å²) in [6.07, 6.45) is -5.32. The number of aromatic amines is 1. The van der Waals surface area contributed by atoms with E-state index in [1.54, 1.807) is 23.1 Å². The van der Waals surface area contributed by atoms with Gasteiger partial charge in [0, 0.05) is 49.1 Å².